The lowest BCUT2D eigenvalue weighted by atomic mass is 10.1. The van der Waals surface area contributed by atoms with Gasteiger partial charge in [-0.2, -0.15) is 0 Å². The number of hydrogen-bond donors (Lipinski definition) is 3. The highest BCUT2D eigenvalue weighted by molar-refractivity contribution is 7.89. The van der Waals surface area contributed by atoms with E-state index in [1.54, 1.807) is 41.3 Å². The molecular formula is C27H27N5O4S. The monoisotopic (exact) mass is 517 g/mol. The van der Waals surface area contributed by atoms with Crippen molar-refractivity contribution in [2.45, 2.75) is 30.7 Å². The van der Waals surface area contributed by atoms with Crippen molar-refractivity contribution in [2.75, 3.05) is 18.4 Å². The number of imidazole rings is 1. The molecule has 0 aliphatic carbocycles. The molecule has 10 heteroatoms. The summed E-state index contributed by atoms with van der Waals surface area (Å²) in [5, 5.41) is 4.08. The molecule has 5 rings (SSSR count). The fourth-order valence-electron chi connectivity index (χ4n) is 4.66. The summed E-state index contributed by atoms with van der Waals surface area (Å²) in [6.07, 6.45) is 3.94. The Morgan fingerprint density at radius 2 is 1.68 bits per heavy atom. The molecule has 1 saturated heterocycles. The van der Waals surface area contributed by atoms with Crippen molar-refractivity contribution in [1.29, 1.82) is 0 Å². The number of likely N-dealkylation sites (tertiary alicyclic amines) is 1. The standard InChI is InChI=1S/C27H27N5O4S/c1-18-6-2-3-7-20(18)26(33)30-23-10-11-25(22-9-5-4-8-21(22)23)37(35,36)31-19-12-14-32(15-13-19)27(34)24-16-28-17-29-24/h2-11,16-17,19,31H,12-15H2,1H3,(H,28,29)(H,30,33). The number of H-pyrrole nitrogens is 1. The van der Waals surface area contributed by atoms with Crippen molar-refractivity contribution >= 4 is 38.3 Å². The number of sulfonamides is 1. The van der Waals surface area contributed by atoms with E-state index in [1.807, 2.05) is 25.1 Å². The number of aromatic amines is 1. The lowest BCUT2D eigenvalue weighted by molar-refractivity contribution is 0.0705. The number of rotatable bonds is 6. The second kappa shape index (κ2) is 10.2. The first kappa shape index (κ1) is 24.7. The molecule has 1 aliphatic rings. The SMILES string of the molecule is Cc1ccccc1C(=O)Nc1ccc(S(=O)(=O)NC2CCN(C(=O)c3cnc[nH]3)CC2)c2ccccc12. The molecule has 0 atom stereocenters. The summed E-state index contributed by atoms with van der Waals surface area (Å²) in [4.78, 5) is 34.0. The third kappa shape index (κ3) is 5.11. The normalized spacial score (nSPS) is 14.6. The Kier molecular flexibility index (Phi) is 6.77. The van der Waals surface area contributed by atoms with E-state index >= 15 is 0 Å². The van der Waals surface area contributed by atoms with E-state index in [4.69, 9.17) is 0 Å². The van der Waals surface area contributed by atoms with Crippen molar-refractivity contribution in [1.82, 2.24) is 19.6 Å². The second-order valence-electron chi connectivity index (χ2n) is 9.08. The highest BCUT2D eigenvalue weighted by Gasteiger charge is 2.28. The maximum Gasteiger partial charge on any atom is 0.271 e. The molecule has 0 unspecified atom stereocenters. The van der Waals surface area contributed by atoms with Crippen LogP contribution in [0.4, 0.5) is 5.69 Å². The van der Waals surface area contributed by atoms with Gasteiger partial charge in [-0.25, -0.2) is 18.1 Å². The summed E-state index contributed by atoms with van der Waals surface area (Å²) in [6.45, 7) is 2.75. The minimum absolute atomic E-state index is 0.145. The number of aromatic nitrogens is 2. The topological polar surface area (TPSA) is 124 Å². The number of carbonyl (C=O) groups is 2. The van der Waals surface area contributed by atoms with Gasteiger partial charge in [0.15, 0.2) is 0 Å². The van der Waals surface area contributed by atoms with Gasteiger partial charge in [0, 0.05) is 41.2 Å². The predicted molar refractivity (Wildman–Crippen MR) is 141 cm³/mol. The van der Waals surface area contributed by atoms with Crippen LogP contribution in [0.1, 0.15) is 39.3 Å². The van der Waals surface area contributed by atoms with E-state index < -0.39 is 10.0 Å². The Morgan fingerprint density at radius 3 is 2.38 bits per heavy atom. The zero-order chi connectivity index (χ0) is 26.0. The van der Waals surface area contributed by atoms with E-state index in [-0.39, 0.29) is 22.8 Å². The van der Waals surface area contributed by atoms with Crippen molar-refractivity contribution < 1.29 is 18.0 Å². The second-order valence-corrected chi connectivity index (χ2v) is 10.8. The van der Waals surface area contributed by atoms with E-state index in [1.165, 1.54) is 18.6 Å². The van der Waals surface area contributed by atoms with Gasteiger partial charge in [0.25, 0.3) is 11.8 Å². The summed E-state index contributed by atoms with van der Waals surface area (Å²) < 4.78 is 29.7. The van der Waals surface area contributed by atoms with Crippen LogP contribution in [0.5, 0.6) is 0 Å². The molecule has 1 aliphatic heterocycles. The van der Waals surface area contributed by atoms with Gasteiger partial charge in [-0.3, -0.25) is 9.59 Å². The van der Waals surface area contributed by atoms with Crippen LogP contribution >= 0.6 is 0 Å². The zero-order valence-electron chi connectivity index (χ0n) is 20.3. The summed E-state index contributed by atoms with van der Waals surface area (Å²) in [5.41, 5.74) is 2.36. The number of amides is 2. The van der Waals surface area contributed by atoms with Crippen LogP contribution in [0, 0.1) is 6.92 Å². The minimum atomic E-state index is -3.85. The molecule has 1 aromatic heterocycles. The first-order chi connectivity index (χ1) is 17.8. The summed E-state index contributed by atoms with van der Waals surface area (Å²) >= 11 is 0. The molecule has 1 fully saturated rings. The number of hydrogen-bond acceptors (Lipinski definition) is 5. The molecular weight excluding hydrogens is 490 g/mol. The molecule has 2 amide bonds. The maximum absolute atomic E-state index is 13.4. The molecule has 0 saturated carbocycles. The van der Waals surface area contributed by atoms with Crippen molar-refractivity contribution in [2.24, 2.45) is 0 Å². The first-order valence-electron chi connectivity index (χ1n) is 12.0. The number of benzene rings is 3. The number of nitrogens with one attached hydrogen (secondary N) is 3. The quantitative estimate of drug-likeness (QED) is 0.360. The third-order valence-electron chi connectivity index (χ3n) is 6.64. The van der Waals surface area contributed by atoms with Gasteiger partial charge in [0.2, 0.25) is 10.0 Å². The van der Waals surface area contributed by atoms with Crippen LogP contribution in [0.3, 0.4) is 0 Å². The molecule has 0 bridgehead atoms. The summed E-state index contributed by atoms with van der Waals surface area (Å²) in [5.74, 6) is -0.401. The Morgan fingerprint density at radius 1 is 0.973 bits per heavy atom. The fraction of sp³-hybridized carbons (Fsp3) is 0.222. The van der Waals surface area contributed by atoms with Crippen molar-refractivity contribution in [3.8, 4) is 0 Å². The summed E-state index contributed by atoms with van der Waals surface area (Å²) in [6, 6.07) is 17.3. The van der Waals surface area contributed by atoms with Crippen LogP contribution in [-0.4, -0.2) is 54.2 Å². The highest BCUT2D eigenvalue weighted by Crippen LogP contribution is 2.30. The minimum Gasteiger partial charge on any atom is -0.341 e. The van der Waals surface area contributed by atoms with Gasteiger partial charge < -0.3 is 15.2 Å². The van der Waals surface area contributed by atoms with Gasteiger partial charge in [-0.05, 0) is 43.5 Å². The number of aryl methyl sites for hydroxylation is 1. The Bertz CT molecular complexity index is 1560. The van der Waals surface area contributed by atoms with Crippen LogP contribution < -0.4 is 10.0 Å². The predicted octanol–water partition coefficient (Wildman–Crippen LogP) is 3.71. The average molecular weight is 518 g/mol. The fourth-order valence-corrected chi connectivity index (χ4v) is 6.17. The van der Waals surface area contributed by atoms with Crippen LogP contribution in [0.2, 0.25) is 0 Å². The molecule has 3 N–H and O–H groups in total. The van der Waals surface area contributed by atoms with Crippen molar-refractivity contribution in [3.05, 3.63) is 90.0 Å². The molecule has 37 heavy (non-hydrogen) atoms. The smallest absolute Gasteiger partial charge is 0.271 e. The van der Waals surface area contributed by atoms with Gasteiger partial charge in [0.05, 0.1) is 17.4 Å². The molecule has 3 aromatic carbocycles. The average Bonchev–Trinajstić information content (AvgIpc) is 3.44. The summed E-state index contributed by atoms with van der Waals surface area (Å²) in [7, 11) is -3.85. The Balaban J connectivity index is 1.33. The van der Waals surface area contributed by atoms with E-state index in [0.29, 0.717) is 53.6 Å². The zero-order valence-corrected chi connectivity index (χ0v) is 21.1. The lowest BCUT2D eigenvalue weighted by Gasteiger charge is -2.32. The lowest BCUT2D eigenvalue weighted by Crippen LogP contribution is -2.46. The van der Waals surface area contributed by atoms with Gasteiger partial charge in [0.1, 0.15) is 5.69 Å². The van der Waals surface area contributed by atoms with Gasteiger partial charge in [-0.15, -0.1) is 0 Å². The van der Waals surface area contributed by atoms with Gasteiger partial charge >= 0.3 is 0 Å². The number of anilines is 1. The van der Waals surface area contributed by atoms with Crippen molar-refractivity contribution in [3.63, 3.8) is 0 Å². The first-order valence-corrected chi connectivity index (χ1v) is 13.5. The van der Waals surface area contributed by atoms with Crippen LogP contribution in [0.25, 0.3) is 10.8 Å². The van der Waals surface area contributed by atoms with Crippen LogP contribution in [-0.2, 0) is 10.0 Å². The largest absolute Gasteiger partial charge is 0.341 e. The number of piperidine rings is 1. The van der Waals surface area contributed by atoms with E-state index in [0.717, 1.165) is 5.56 Å². The number of nitrogens with zero attached hydrogens (tertiary/aromatic N) is 2. The Labute approximate surface area is 215 Å². The number of carbonyl (C=O) groups excluding carboxylic acids is 2. The van der Waals surface area contributed by atoms with Crippen LogP contribution in [0.15, 0.2) is 78.1 Å². The van der Waals surface area contributed by atoms with Gasteiger partial charge in [-0.1, -0.05) is 42.5 Å². The molecule has 2 heterocycles. The molecule has 9 nitrogen and oxygen atoms in total. The number of fused-ring (bicyclic) bond motifs is 1. The highest BCUT2D eigenvalue weighted by atomic mass is 32.2. The Hall–Kier alpha value is -4.02. The maximum atomic E-state index is 13.4. The molecule has 190 valence electrons. The van der Waals surface area contributed by atoms with E-state index in [2.05, 4.69) is 20.0 Å². The third-order valence-corrected chi connectivity index (χ3v) is 8.22. The molecule has 0 radical (unpaired) electrons. The van der Waals surface area contributed by atoms with E-state index in [9.17, 15) is 18.0 Å². The molecule has 0 spiro atoms. The molecule has 4 aromatic rings.